The Labute approximate surface area is 352 Å². The van der Waals surface area contributed by atoms with Gasteiger partial charge in [0, 0.05) is 27.5 Å². The van der Waals surface area contributed by atoms with Crippen LogP contribution < -0.4 is 0 Å². The van der Waals surface area contributed by atoms with E-state index in [0.717, 1.165) is 77.8 Å². The summed E-state index contributed by atoms with van der Waals surface area (Å²) in [6.45, 7) is 0. The van der Waals surface area contributed by atoms with Crippen molar-refractivity contribution in [3.63, 3.8) is 0 Å². The minimum atomic E-state index is 0.671. The highest BCUT2D eigenvalue weighted by atomic mass is 16.3. The summed E-state index contributed by atoms with van der Waals surface area (Å²) >= 11 is 0. The van der Waals surface area contributed by atoms with Gasteiger partial charge < -0.3 is 4.42 Å². The molecule has 284 valence electrons. The third-order valence-corrected chi connectivity index (χ3v) is 12.1. The van der Waals surface area contributed by atoms with E-state index in [1.807, 2.05) is 12.1 Å². The topological polar surface area (TPSA) is 38.9 Å². The fraction of sp³-hybridized carbons (Fsp3) is 0. The molecule has 0 aliphatic carbocycles. The van der Waals surface area contributed by atoms with Crippen LogP contribution >= 0.6 is 0 Å². The van der Waals surface area contributed by atoms with Crippen LogP contribution in [0.25, 0.3) is 122 Å². The highest BCUT2D eigenvalue weighted by molar-refractivity contribution is 6.20. The van der Waals surface area contributed by atoms with Crippen LogP contribution in [0.3, 0.4) is 0 Å². The van der Waals surface area contributed by atoms with E-state index in [1.165, 1.54) is 37.9 Å². The number of furan rings is 1. The number of fused-ring (bicyclic) bond motifs is 7. The lowest BCUT2D eigenvalue weighted by molar-refractivity contribution is 0.669. The summed E-state index contributed by atoms with van der Waals surface area (Å²) in [5, 5.41) is 9.70. The SMILES string of the molecule is c1ccc(-c2ccccc2-c2cc(-c3cccc(-c4ccc5c(c4)oc4ccccc45)c3)nc(-c3ccc(-c4c5ccccc5cc5c4ccc4ccccc45)cc3)n2)cc1. The Balaban J connectivity index is 1.01. The number of para-hydroxylation sites is 1. The molecule has 61 heavy (non-hydrogen) atoms. The van der Waals surface area contributed by atoms with Crippen molar-refractivity contribution < 1.29 is 4.42 Å². The lowest BCUT2D eigenvalue weighted by Gasteiger charge is -2.15. The zero-order valence-electron chi connectivity index (χ0n) is 33.1. The Hall–Kier alpha value is -8.14. The maximum atomic E-state index is 6.28. The summed E-state index contributed by atoms with van der Waals surface area (Å²) in [5.41, 5.74) is 13.3. The Morgan fingerprint density at radius 3 is 1.75 bits per heavy atom. The second kappa shape index (κ2) is 14.3. The van der Waals surface area contributed by atoms with Crippen LogP contribution in [0.15, 0.2) is 223 Å². The summed E-state index contributed by atoms with van der Waals surface area (Å²) in [4.78, 5) is 10.7. The molecule has 0 N–H and O–H groups in total. The predicted molar refractivity (Wildman–Crippen MR) is 254 cm³/mol. The number of hydrogen-bond donors (Lipinski definition) is 0. The molecule has 3 heteroatoms. The molecule has 0 saturated heterocycles. The fourth-order valence-electron chi connectivity index (χ4n) is 9.12. The highest BCUT2D eigenvalue weighted by Crippen LogP contribution is 2.41. The second-order valence-corrected chi connectivity index (χ2v) is 15.7. The summed E-state index contributed by atoms with van der Waals surface area (Å²) in [5.74, 6) is 0.671. The summed E-state index contributed by atoms with van der Waals surface area (Å²) in [6, 6.07) is 77.5. The van der Waals surface area contributed by atoms with Crippen molar-refractivity contribution in [2.45, 2.75) is 0 Å². The van der Waals surface area contributed by atoms with Gasteiger partial charge in [-0.25, -0.2) is 9.97 Å². The average Bonchev–Trinajstić information content (AvgIpc) is 3.71. The molecule has 0 aliphatic heterocycles. The Morgan fingerprint density at radius 2 is 0.885 bits per heavy atom. The maximum absolute atomic E-state index is 6.28. The second-order valence-electron chi connectivity index (χ2n) is 15.7. The van der Waals surface area contributed by atoms with Gasteiger partial charge in [0.25, 0.3) is 0 Å². The average molecular weight is 777 g/mol. The number of benzene rings is 10. The van der Waals surface area contributed by atoms with Crippen LogP contribution in [0, 0.1) is 0 Å². The van der Waals surface area contributed by atoms with Crippen LogP contribution in [0.4, 0.5) is 0 Å². The maximum Gasteiger partial charge on any atom is 0.160 e. The minimum Gasteiger partial charge on any atom is -0.456 e. The molecule has 2 heterocycles. The van der Waals surface area contributed by atoms with Gasteiger partial charge in [0.15, 0.2) is 5.82 Å². The van der Waals surface area contributed by atoms with Crippen molar-refractivity contribution >= 4 is 54.3 Å². The van der Waals surface area contributed by atoms with E-state index >= 15 is 0 Å². The molecule has 0 radical (unpaired) electrons. The molecule has 12 aromatic rings. The summed E-state index contributed by atoms with van der Waals surface area (Å²) < 4.78 is 6.28. The Kier molecular flexibility index (Phi) is 8.17. The van der Waals surface area contributed by atoms with E-state index in [4.69, 9.17) is 14.4 Å². The zero-order chi connectivity index (χ0) is 40.3. The first-order valence-corrected chi connectivity index (χ1v) is 20.7. The molecule has 0 fully saturated rings. The molecule has 0 saturated carbocycles. The molecule has 0 bridgehead atoms. The molecule has 3 nitrogen and oxygen atoms in total. The van der Waals surface area contributed by atoms with Gasteiger partial charge in [-0.1, -0.05) is 182 Å². The van der Waals surface area contributed by atoms with Crippen molar-refractivity contribution in [2.75, 3.05) is 0 Å². The van der Waals surface area contributed by atoms with E-state index in [-0.39, 0.29) is 0 Å². The van der Waals surface area contributed by atoms with Crippen LogP contribution in [0.2, 0.25) is 0 Å². The van der Waals surface area contributed by atoms with Crippen molar-refractivity contribution in [3.05, 3.63) is 218 Å². The standard InChI is InChI=1S/C58H36N2O/c1-2-13-37(14-3-1)45-19-8-9-22-48(45)54-36-53(44-18-12-17-41(33-44)42-30-31-50-49-23-10-11-24-55(49)61-56(50)35-42)59-58(60-54)40-27-25-39(26-28-40)57-47-21-7-5-16-43(47)34-52-46-20-6-4-15-38(46)29-32-51(52)57/h1-36H. The first-order valence-electron chi connectivity index (χ1n) is 20.7. The summed E-state index contributed by atoms with van der Waals surface area (Å²) in [7, 11) is 0. The van der Waals surface area contributed by atoms with Crippen molar-refractivity contribution in [1.29, 1.82) is 0 Å². The smallest absolute Gasteiger partial charge is 0.160 e. The van der Waals surface area contributed by atoms with Crippen LogP contribution in [0.1, 0.15) is 0 Å². The number of aromatic nitrogens is 2. The monoisotopic (exact) mass is 776 g/mol. The zero-order valence-corrected chi connectivity index (χ0v) is 33.1. The number of nitrogens with zero attached hydrogens (tertiary/aromatic N) is 2. The van der Waals surface area contributed by atoms with Crippen molar-refractivity contribution in [2.24, 2.45) is 0 Å². The third-order valence-electron chi connectivity index (χ3n) is 12.1. The molecule has 10 aromatic carbocycles. The molecule has 0 spiro atoms. The van der Waals surface area contributed by atoms with Gasteiger partial charge in [-0.3, -0.25) is 0 Å². The Morgan fingerprint density at radius 1 is 0.279 bits per heavy atom. The molecule has 2 aromatic heterocycles. The molecule has 0 atom stereocenters. The number of rotatable bonds is 6. The first kappa shape index (κ1) is 34.9. The molecular formula is C58H36N2O. The first-order chi connectivity index (χ1) is 30.2. The van der Waals surface area contributed by atoms with Gasteiger partial charge in [-0.2, -0.15) is 0 Å². The summed E-state index contributed by atoms with van der Waals surface area (Å²) in [6.07, 6.45) is 0. The number of hydrogen-bond acceptors (Lipinski definition) is 3. The largest absolute Gasteiger partial charge is 0.456 e. The van der Waals surface area contributed by atoms with Crippen LogP contribution in [-0.2, 0) is 0 Å². The van der Waals surface area contributed by atoms with E-state index in [1.54, 1.807) is 0 Å². The van der Waals surface area contributed by atoms with Crippen molar-refractivity contribution in [1.82, 2.24) is 9.97 Å². The van der Waals surface area contributed by atoms with Crippen molar-refractivity contribution in [3.8, 4) is 67.3 Å². The van der Waals surface area contributed by atoms with E-state index in [0.29, 0.717) is 5.82 Å². The predicted octanol–water partition coefficient (Wildman–Crippen LogP) is 15.8. The van der Waals surface area contributed by atoms with Gasteiger partial charge in [-0.05, 0) is 102 Å². The van der Waals surface area contributed by atoms with E-state index in [2.05, 4.69) is 206 Å². The third kappa shape index (κ3) is 6.06. The highest BCUT2D eigenvalue weighted by Gasteiger charge is 2.17. The van der Waals surface area contributed by atoms with Crippen LogP contribution in [0.5, 0.6) is 0 Å². The van der Waals surface area contributed by atoms with Gasteiger partial charge in [-0.15, -0.1) is 0 Å². The molecule has 12 rings (SSSR count). The van der Waals surface area contributed by atoms with Gasteiger partial charge in [0.2, 0.25) is 0 Å². The van der Waals surface area contributed by atoms with Gasteiger partial charge >= 0.3 is 0 Å². The molecule has 0 aliphatic rings. The molecular weight excluding hydrogens is 741 g/mol. The lowest BCUT2D eigenvalue weighted by Crippen LogP contribution is -1.97. The lowest BCUT2D eigenvalue weighted by atomic mass is 9.89. The van der Waals surface area contributed by atoms with Gasteiger partial charge in [0.05, 0.1) is 11.4 Å². The van der Waals surface area contributed by atoms with Crippen LogP contribution in [-0.4, -0.2) is 9.97 Å². The van der Waals surface area contributed by atoms with E-state index < -0.39 is 0 Å². The van der Waals surface area contributed by atoms with Gasteiger partial charge in [0.1, 0.15) is 11.2 Å². The van der Waals surface area contributed by atoms with E-state index in [9.17, 15) is 0 Å². The normalized spacial score (nSPS) is 11.6. The molecule has 0 amide bonds. The quantitative estimate of drug-likeness (QED) is 0.125. The fourth-order valence-corrected chi connectivity index (χ4v) is 9.12. The molecule has 0 unspecified atom stereocenters. The Bertz CT molecular complexity index is 3640. The minimum absolute atomic E-state index is 0.671.